The SMILES string of the molecule is CC.CC.CC(C)(C)C1CCN(C(C)(C)C)C1. The molecular formula is C16H37N. The van der Waals surface area contributed by atoms with Gasteiger partial charge < -0.3 is 0 Å². The highest BCUT2D eigenvalue weighted by Gasteiger charge is 2.35. The van der Waals surface area contributed by atoms with Crippen molar-refractivity contribution in [3.05, 3.63) is 0 Å². The minimum atomic E-state index is 0.361. The summed E-state index contributed by atoms with van der Waals surface area (Å²) < 4.78 is 0. The molecule has 1 nitrogen and oxygen atoms in total. The molecule has 1 atom stereocenters. The standard InChI is InChI=1S/C12H25N.2C2H6/c1-11(2,3)10-7-8-13(9-10)12(4,5)6;2*1-2/h10H,7-9H2,1-6H3;2*1-2H3. The normalized spacial score (nSPS) is 21.2. The summed E-state index contributed by atoms with van der Waals surface area (Å²) in [4.78, 5) is 2.61. The van der Waals surface area contributed by atoms with Crippen LogP contribution in [0.5, 0.6) is 0 Å². The molecule has 0 aromatic carbocycles. The van der Waals surface area contributed by atoms with Crippen LogP contribution in [0.3, 0.4) is 0 Å². The zero-order chi connectivity index (χ0) is 14.3. The third-order valence-electron chi connectivity index (χ3n) is 3.36. The Balaban J connectivity index is 0. The Morgan fingerprint density at radius 2 is 1.24 bits per heavy atom. The summed E-state index contributed by atoms with van der Waals surface area (Å²) in [6.07, 6.45) is 1.38. The molecule has 1 fully saturated rings. The second-order valence-electron chi connectivity index (χ2n) is 6.47. The maximum atomic E-state index is 2.61. The Kier molecular flexibility index (Phi) is 9.23. The van der Waals surface area contributed by atoms with E-state index >= 15 is 0 Å². The van der Waals surface area contributed by atoms with E-state index in [4.69, 9.17) is 0 Å². The molecule has 106 valence electrons. The molecular weight excluding hydrogens is 206 g/mol. The van der Waals surface area contributed by atoms with Gasteiger partial charge in [-0.25, -0.2) is 0 Å². The zero-order valence-electron chi connectivity index (χ0n) is 14.1. The van der Waals surface area contributed by atoms with Crippen molar-refractivity contribution in [3.63, 3.8) is 0 Å². The van der Waals surface area contributed by atoms with E-state index in [9.17, 15) is 0 Å². The van der Waals surface area contributed by atoms with Crippen molar-refractivity contribution in [1.29, 1.82) is 0 Å². The van der Waals surface area contributed by atoms with Gasteiger partial charge in [-0.05, 0) is 45.1 Å². The number of nitrogens with zero attached hydrogens (tertiary/aromatic N) is 1. The lowest BCUT2D eigenvalue weighted by Gasteiger charge is -2.33. The molecule has 0 aromatic rings. The average Bonchev–Trinajstić information content (AvgIpc) is 2.71. The number of hydrogen-bond acceptors (Lipinski definition) is 1. The van der Waals surface area contributed by atoms with E-state index in [1.165, 1.54) is 19.5 Å². The molecule has 17 heavy (non-hydrogen) atoms. The fourth-order valence-electron chi connectivity index (χ4n) is 2.08. The molecule has 1 rings (SSSR count). The van der Waals surface area contributed by atoms with Gasteiger partial charge in [0.1, 0.15) is 0 Å². The molecule has 1 heteroatoms. The minimum Gasteiger partial charge on any atom is -0.298 e. The summed E-state index contributed by atoms with van der Waals surface area (Å²) >= 11 is 0. The Morgan fingerprint density at radius 1 is 0.824 bits per heavy atom. The second-order valence-corrected chi connectivity index (χ2v) is 6.47. The maximum absolute atomic E-state index is 2.61. The average molecular weight is 243 g/mol. The molecule has 0 radical (unpaired) electrons. The van der Waals surface area contributed by atoms with Gasteiger partial charge in [-0.3, -0.25) is 4.90 Å². The van der Waals surface area contributed by atoms with Gasteiger partial charge in [0.05, 0.1) is 0 Å². The van der Waals surface area contributed by atoms with E-state index in [-0.39, 0.29) is 0 Å². The van der Waals surface area contributed by atoms with Gasteiger partial charge in [-0.1, -0.05) is 48.5 Å². The molecule has 0 N–H and O–H groups in total. The molecule has 0 bridgehead atoms. The van der Waals surface area contributed by atoms with E-state index in [0.717, 1.165) is 5.92 Å². The van der Waals surface area contributed by atoms with Gasteiger partial charge in [0.2, 0.25) is 0 Å². The number of rotatable bonds is 0. The molecule has 0 saturated carbocycles. The Hall–Kier alpha value is -0.0400. The quantitative estimate of drug-likeness (QED) is 0.565. The predicted molar refractivity (Wildman–Crippen MR) is 81.6 cm³/mol. The van der Waals surface area contributed by atoms with Crippen LogP contribution in [0.25, 0.3) is 0 Å². The Bertz CT molecular complexity index is 151. The van der Waals surface area contributed by atoms with Crippen molar-refractivity contribution in [2.75, 3.05) is 13.1 Å². The smallest absolute Gasteiger partial charge is 0.0125 e. The highest BCUT2D eigenvalue weighted by molar-refractivity contribution is 4.89. The van der Waals surface area contributed by atoms with Gasteiger partial charge in [0.25, 0.3) is 0 Å². The summed E-state index contributed by atoms with van der Waals surface area (Å²) in [7, 11) is 0. The van der Waals surface area contributed by atoms with Crippen molar-refractivity contribution >= 4 is 0 Å². The van der Waals surface area contributed by atoms with Crippen LogP contribution in [0.1, 0.15) is 75.7 Å². The Morgan fingerprint density at radius 3 is 1.41 bits per heavy atom. The second kappa shape index (κ2) is 8.13. The van der Waals surface area contributed by atoms with Gasteiger partial charge >= 0.3 is 0 Å². The lowest BCUT2D eigenvalue weighted by atomic mass is 9.80. The van der Waals surface area contributed by atoms with Crippen molar-refractivity contribution < 1.29 is 0 Å². The summed E-state index contributed by atoms with van der Waals surface area (Å²) in [6.45, 7) is 24.6. The first kappa shape index (κ1) is 19.3. The fraction of sp³-hybridized carbons (Fsp3) is 1.00. The van der Waals surface area contributed by atoms with Gasteiger partial charge in [-0.15, -0.1) is 0 Å². The molecule has 1 saturated heterocycles. The van der Waals surface area contributed by atoms with E-state index in [1.807, 2.05) is 27.7 Å². The molecule has 1 aliphatic heterocycles. The summed E-state index contributed by atoms with van der Waals surface area (Å²) in [5.74, 6) is 0.881. The predicted octanol–water partition coefficient (Wildman–Crippen LogP) is 5.21. The lowest BCUT2D eigenvalue weighted by Crippen LogP contribution is -2.40. The van der Waals surface area contributed by atoms with Crippen molar-refractivity contribution in [2.24, 2.45) is 11.3 Å². The molecule has 1 unspecified atom stereocenters. The van der Waals surface area contributed by atoms with Crippen molar-refractivity contribution in [1.82, 2.24) is 4.90 Å². The van der Waals surface area contributed by atoms with E-state index in [1.54, 1.807) is 0 Å². The lowest BCUT2D eigenvalue weighted by molar-refractivity contribution is 0.148. The van der Waals surface area contributed by atoms with Crippen LogP contribution in [0.2, 0.25) is 0 Å². The summed E-state index contributed by atoms with van der Waals surface area (Å²) in [6, 6.07) is 0. The van der Waals surface area contributed by atoms with Crippen LogP contribution >= 0.6 is 0 Å². The molecule has 0 aromatic heterocycles. The highest BCUT2D eigenvalue weighted by Crippen LogP contribution is 2.35. The molecule has 1 heterocycles. The number of hydrogen-bond donors (Lipinski definition) is 0. The molecule has 0 amide bonds. The van der Waals surface area contributed by atoms with E-state index in [2.05, 4.69) is 46.4 Å². The van der Waals surface area contributed by atoms with Crippen LogP contribution < -0.4 is 0 Å². The summed E-state index contributed by atoms with van der Waals surface area (Å²) in [5, 5.41) is 0. The van der Waals surface area contributed by atoms with Gasteiger partial charge in [0, 0.05) is 12.1 Å². The maximum Gasteiger partial charge on any atom is 0.0125 e. The minimum absolute atomic E-state index is 0.361. The van der Waals surface area contributed by atoms with Gasteiger partial charge in [0.15, 0.2) is 0 Å². The Labute approximate surface area is 111 Å². The van der Waals surface area contributed by atoms with E-state index in [0.29, 0.717) is 11.0 Å². The first-order valence-corrected chi connectivity index (χ1v) is 7.46. The van der Waals surface area contributed by atoms with Gasteiger partial charge in [-0.2, -0.15) is 0 Å². The number of likely N-dealkylation sites (tertiary alicyclic amines) is 1. The van der Waals surface area contributed by atoms with E-state index < -0.39 is 0 Å². The largest absolute Gasteiger partial charge is 0.298 e. The fourth-order valence-corrected chi connectivity index (χ4v) is 2.08. The van der Waals surface area contributed by atoms with Crippen LogP contribution in [-0.4, -0.2) is 23.5 Å². The molecule has 0 spiro atoms. The van der Waals surface area contributed by atoms with Crippen LogP contribution in [0, 0.1) is 11.3 Å². The topological polar surface area (TPSA) is 3.24 Å². The first-order chi connectivity index (χ1) is 7.71. The van der Waals surface area contributed by atoms with Crippen LogP contribution in [0.15, 0.2) is 0 Å². The van der Waals surface area contributed by atoms with Crippen LogP contribution in [0.4, 0.5) is 0 Å². The summed E-state index contributed by atoms with van der Waals surface area (Å²) in [5.41, 5.74) is 0.847. The first-order valence-electron chi connectivity index (χ1n) is 7.46. The van der Waals surface area contributed by atoms with Crippen molar-refractivity contribution in [2.45, 2.75) is 81.2 Å². The van der Waals surface area contributed by atoms with Crippen LogP contribution in [-0.2, 0) is 0 Å². The third kappa shape index (κ3) is 7.08. The van der Waals surface area contributed by atoms with Crippen molar-refractivity contribution in [3.8, 4) is 0 Å². The molecule has 1 aliphatic rings. The highest BCUT2D eigenvalue weighted by atomic mass is 15.2. The third-order valence-corrected chi connectivity index (χ3v) is 3.36. The zero-order valence-corrected chi connectivity index (χ0v) is 14.1. The molecule has 0 aliphatic carbocycles. The monoisotopic (exact) mass is 243 g/mol.